The zero-order valence-corrected chi connectivity index (χ0v) is 18.8. The fourth-order valence-corrected chi connectivity index (χ4v) is 5.33. The second-order valence-electron chi connectivity index (χ2n) is 8.52. The summed E-state index contributed by atoms with van der Waals surface area (Å²) in [7, 11) is 2.17. The topological polar surface area (TPSA) is 61.0 Å². The van der Waals surface area contributed by atoms with Crippen molar-refractivity contribution in [3.05, 3.63) is 52.1 Å². The van der Waals surface area contributed by atoms with Gasteiger partial charge in [-0.3, -0.25) is 4.79 Å². The fourth-order valence-electron chi connectivity index (χ4n) is 4.34. The van der Waals surface area contributed by atoms with Crippen LogP contribution in [0.3, 0.4) is 0 Å². The summed E-state index contributed by atoms with van der Waals surface area (Å²) in [5.41, 5.74) is 2.42. The van der Waals surface area contributed by atoms with Crippen molar-refractivity contribution in [2.75, 3.05) is 20.1 Å². The maximum Gasteiger partial charge on any atom is 0.263 e. The molecule has 1 atom stereocenters. The molecule has 0 bridgehead atoms. The molecule has 0 spiro atoms. The third kappa shape index (κ3) is 4.93. The molecule has 1 unspecified atom stereocenters. The molecular formula is C24H32N4OS. The normalized spacial score (nSPS) is 16.7. The van der Waals surface area contributed by atoms with Crippen LogP contribution in [0.15, 0.2) is 36.7 Å². The van der Waals surface area contributed by atoms with Crippen molar-refractivity contribution in [2.24, 2.45) is 0 Å². The van der Waals surface area contributed by atoms with Gasteiger partial charge >= 0.3 is 0 Å². The van der Waals surface area contributed by atoms with E-state index in [0.717, 1.165) is 67.0 Å². The lowest BCUT2D eigenvalue weighted by Crippen LogP contribution is -2.36. The van der Waals surface area contributed by atoms with Crippen molar-refractivity contribution in [1.29, 1.82) is 0 Å². The average molecular weight is 425 g/mol. The first kappa shape index (κ1) is 21.1. The van der Waals surface area contributed by atoms with Crippen LogP contribution in [0, 0.1) is 0 Å². The van der Waals surface area contributed by atoms with E-state index in [2.05, 4.69) is 58.6 Å². The molecule has 2 N–H and O–H groups in total. The minimum absolute atomic E-state index is 0.0209. The number of rotatable bonds is 8. The molecule has 1 aliphatic heterocycles. The Labute approximate surface area is 182 Å². The van der Waals surface area contributed by atoms with Gasteiger partial charge in [0.15, 0.2) is 0 Å². The highest BCUT2D eigenvalue weighted by Crippen LogP contribution is 2.30. The lowest BCUT2D eigenvalue weighted by atomic mass is 9.98. The van der Waals surface area contributed by atoms with E-state index in [4.69, 9.17) is 0 Å². The average Bonchev–Trinajstić information content (AvgIpc) is 3.40. The van der Waals surface area contributed by atoms with E-state index >= 15 is 0 Å². The summed E-state index contributed by atoms with van der Waals surface area (Å²) in [5.74, 6) is 0.516. The largest absolute Gasteiger partial charge is 0.361 e. The quantitative estimate of drug-likeness (QED) is 0.537. The van der Waals surface area contributed by atoms with Gasteiger partial charge < -0.3 is 15.2 Å². The van der Waals surface area contributed by atoms with E-state index in [1.165, 1.54) is 10.9 Å². The van der Waals surface area contributed by atoms with E-state index in [0.29, 0.717) is 5.92 Å². The number of H-pyrrole nitrogens is 1. The Morgan fingerprint density at radius 1 is 1.33 bits per heavy atom. The predicted octanol–water partition coefficient (Wildman–Crippen LogP) is 4.96. The number of carbonyl (C=O) groups is 1. The van der Waals surface area contributed by atoms with Crippen LogP contribution in [0.1, 0.15) is 65.2 Å². The molecule has 1 fully saturated rings. The molecule has 4 rings (SSSR count). The number of benzene rings is 1. The molecule has 5 nitrogen and oxygen atoms in total. The summed E-state index contributed by atoms with van der Waals surface area (Å²) in [6, 6.07) is 8.49. The number of nitrogens with one attached hydrogen (secondary N) is 2. The van der Waals surface area contributed by atoms with Gasteiger partial charge in [0.25, 0.3) is 5.91 Å². The Morgan fingerprint density at radius 3 is 2.93 bits per heavy atom. The third-order valence-electron chi connectivity index (χ3n) is 6.20. The Hall–Kier alpha value is -2.18. The van der Waals surface area contributed by atoms with Gasteiger partial charge in [-0.1, -0.05) is 38.0 Å². The van der Waals surface area contributed by atoms with Gasteiger partial charge in [0.1, 0.15) is 4.88 Å². The van der Waals surface area contributed by atoms with Gasteiger partial charge in [-0.25, -0.2) is 4.98 Å². The number of carbonyl (C=O) groups excluding carboxylic acids is 1. The molecule has 3 aromatic rings. The molecule has 2 aromatic heterocycles. The Balaban J connectivity index is 1.43. The maximum atomic E-state index is 13.0. The molecule has 1 aliphatic rings. The van der Waals surface area contributed by atoms with E-state index in [-0.39, 0.29) is 11.9 Å². The van der Waals surface area contributed by atoms with Crippen molar-refractivity contribution in [1.82, 2.24) is 20.2 Å². The number of para-hydroxylation sites is 1. The highest BCUT2D eigenvalue weighted by Gasteiger charge is 2.23. The van der Waals surface area contributed by atoms with Gasteiger partial charge in [0.05, 0.1) is 11.2 Å². The van der Waals surface area contributed by atoms with E-state index in [1.54, 1.807) is 17.5 Å². The van der Waals surface area contributed by atoms with Gasteiger partial charge in [0.2, 0.25) is 0 Å². The first-order valence-corrected chi connectivity index (χ1v) is 12.0. The standard InChI is InChI=1S/C24H32N4OS/c1-3-4-7-19(14-18-15-25-21-9-6-5-8-20(18)21)27-23(29)22-16-26-24(30-22)17-10-12-28(2)13-11-17/h5-6,8-9,15-17,19,25H,3-4,7,10-14H2,1-2H3,(H,27,29). The number of thiazole rings is 1. The molecule has 0 saturated carbocycles. The SMILES string of the molecule is CCCCC(Cc1c[nH]c2ccccc12)NC(=O)c1cnc(C2CCN(C)CC2)s1. The number of nitrogens with zero attached hydrogens (tertiary/aromatic N) is 2. The Kier molecular flexibility index (Phi) is 6.85. The lowest BCUT2D eigenvalue weighted by Gasteiger charge is -2.27. The highest BCUT2D eigenvalue weighted by molar-refractivity contribution is 7.13. The van der Waals surface area contributed by atoms with Gasteiger partial charge in [-0.05, 0) is 57.5 Å². The molecule has 1 amide bonds. The number of unbranched alkanes of at least 4 members (excludes halogenated alkanes) is 1. The zero-order valence-electron chi connectivity index (χ0n) is 18.0. The van der Waals surface area contributed by atoms with Gasteiger partial charge in [-0.2, -0.15) is 0 Å². The smallest absolute Gasteiger partial charge is 0.263 e. The van der Waals surface area contributed by atoms with Crippen molar-refractivity contribution in [3.63, 3.8) is 0 Å². The second kappa shape index (κ2) is 9.75. The number of aromatic amines is 1. The van der Waals surface area contributed by atoms with Crippen molar-refractivity contribution in [2.45, 2.75) is 57.4 Å². The van der Waals surface area contributed by atoms with Crippen LogP contribution >= 0.6 is 11.3 Å². The fraction of sp³-hybridized carbons (Fsp3) is 0.500. The predicted molar refractivity (Wildman–Crippen MR) is 124 cm³/mol. The number of hydrogen-bond acceptors (Lipinski definition) is 4. The first-order valence-electron chi connectivity index (χ1n) is 11.1. The number of amides is 1. The van der Waals surface area contributed by atoms with Crippen molar-refractivity contribution >= 4 is 28.1 Å². The molecular weight excluding hydrogens is 392 g/mol. The Bertz CT molecular complexity index is 970. The molecule has 6 heteroatoms. The summed E-state index contributed by atoms with van der Waals surface area (Å²) in [4.78, 5) is 24.1. The summed E-state index contributed by atoms with van der Waals surface area (Å²) in [6.45, 7) is 4.41. The molecule has 3 heterocycles. The van der Waals surface area contributed by atoms with E-state index in [9.17, 15) is 4.79 Å². The number of piperidine rings is 1. The highest BCUT2D eigenvalue weighted by atomic mass is 32.1. The first-order chi connectivity index (χ1) is 14.6. The van der Waals surface area contributed by atoms with Gasteiger partial charge in [-0.15, -0.1) is 11.3 Å². The molecule has 1 aromatic carbocycles. The summed E-state index contributed by atoms with van der Waals surface area (Å²) in [5, 5.41) is 5.67. The number of aromatic nitrogens is 2. The lowest BCUT2D eigenvalue weighted by molar-refractivity contribution is 0.0938. The van der Waals surface area contributed by atoms with Crippen LogP contribution in [0.25, 0.3) is 10.9 Å². The van der Waals surface area contributed by atoms with Crippen LogP contribution in [-0.2, 0) is 6.42 Å². The molecule has 160 valence electrons. The Morgan fingerprint density at radius 2 is 2.13 bits per heavy atom. The van der Waals surface area contributed by atoms with Crippen LogP contribution in [0.2, 0.25) is 0 Å². The summed E-state index contributed by atoms with van der Waals surface area (Å²) < 4.78 is 0. The minimum atomic E-state index is 0.0209. The zero-order chi connectivity index (χ0) is 20.9. The van der Waals surface area contributed by atoms with Crippen LogP contribution in [0.5, 0.6) is 0 Å². The molecule has 0 radical (unpaired) electrons. The second-order valence-corrected chi connectivity index (χ2v) is 9.58. The molecule has 30 heavy (non-hydrogen) atoms. The van der Waals surface area contributed by atoms with Crippen LogP contribution in [0.4, 0.5) is 0 Å². The minimum Gasteiger partial charge on any atom is -0.361 e. The number of likely N-dealkylation sites (tertiary alicyclic amines) is 1. The van der Waals surface area contributed by atoms with Crippen molar-refractivity contribution < 1.29 is 4.79 Å². The number of fused-ring (bicyclic) bond motifs is 1. The van der Waals surface area contributed by atoms with E-state index in [1.807, 2.05) is 6.07 Å². The van der Waals surface area contributed by atoms with Crippen LogP contribution < -0.4 is 5.32 Å². The molecule has 1 saturated heterocycles. The summed E-state index contributed by atoms with van der Waals surface area (Å²) >= 11 is 1.58. The van der Waals surface area contributed by atoms with Crippen LogP contribution in [-0.4, -0.2) is 47.0 Å². The van der Waals surface area contributed by atoms with E-state index < -0.39 is 0 Å². The molecule has 0 aliphatic carbocycles. The summed E-state index contributed by atoms with van der Waals surface area (Å²) in [6.07, 6.45) is 10.2. The maximum absolute atomic E-state index is 13.0. The monoisotopic (exact) mass is 424 g/mol. The third-order valence-corrected chi connectivity index (χ3v) is 7.36. The van der Waals surface area contributed by atoms with Gasteiger partial charge in [0, 0.05) is 29.1 Å². The number of hydrogen-bond donors (Lipinski definition) is 2. The van der Waals surface area contributed by atoms with Crippen molar-refractivity contribution in [3.8, 4) is 0 Å².